The number of carbonyl (C=O) groups is 1. The fraction of sp³-hybridized carbons (Fsp3) is 0.211. The van der Waals surface area contributed by atoms with E-state index >= 15 is 0 Å². The summed E-state index contributed by atoms with van der Waals surface area (Å²) in [4.78, 5) is 25.3. The second-order valence-corrected chi connectivity index (χ2v) is 6.65. The summed E-state index contributed by atoms with van der Waals surface area (Å²) in [7, 11) is 0. The van der Waals surface area contributed by atoms with Crippen LogP contribution in [0.15, 0.2) is 30.3 Å². The summed E-state index contributed by atoms with van der Waals surface area (Å²) in [6.07, 6.45) is 0. The van der Waals surface area contributed by atoms with Crippen LogP contribution >= 0.6 is 11.6 Å². The number of hydrogen-bond acceptors (Lipinski definition) is 6. The molecule has 136 valence electrons. The molecule has 4 aromatic rings. The predicted molar refractivity (Wildman–Crippen MR) is 101 cm³/mol. The van der Waals surface area contributed by atoms with Gasteiger partial charge in [-0.2, -0.15) is 4.98 Å². The average molecular weight is 382 g/mol. The fourth-order valence-electron chi connectivity index (χ4n) is 2.96. The van der Waals surface area contributed by atoms with Gasteiger partial charge in [-0.1, -0.05) is 29.8 Å². The zero-order valence-corrected chi connectivity index (χ0v) is 15.8. The SMILES string of the molecule is Cc1cc(C)n2nc(C(=O)OCc3nc4ccccc4c(C)c3Cl)nc2n1. The van der Waals surface area contributed by atoms with Crippen LogP contribution < -0.4 is 0 Å². The van der Waals surface area contributed by atoms with E-state index in [2.05, 4.69) is 20.1 Å². The first-order valence-corrected chi connectivity index (χ1v) is 8.73. The van der Waals surface area contributed by atoms with Gasteiger partial charge in [-0.3, -0.25) is 0 Å². The van der Waals surface area contributed by atoms with Crippen LogP contribution in [0.3, 0.4) is 0 Å². The van der Waals surface area contributed by atoms with E-state index in [0.717, 1.165) is 27.9 Å². The lowest BCUT2D eigenvalue weighted by Gasteiger charge is -2.09. The summed E-state index contributed by atoms with van der Waals surface area (Å²) in [5.41, 5.74) is 3.82. The predicted octanol–water partition coefficient (Wildman–Crippen LogP) is 3.61. The molecule has 0 aliphatic rings. The second-order valence-electron chi connectivity index (χ2n) is 6.28. The lowest BCUT2D eigenvalue weighted by atomic mass is 10.1. The lowest BCUT2D eigenvalue weighted by molar-refractivity contribution is 0.0454. The molecular formula is C19H16ClN5O2. The Morgan fingerprint density at radius 2 is 1.93 bits per heavy atom. The zero-order valence-electron chi connectivity index (χ0n) is 15.0. The third-order valence-electron chi connectivity index (χ3n) is 4.29. The number of esters is 1. The van der Waals surface area contributed by atoms with Crippen molar-refractivity contribution in [2.24, 2.45) is 0 Å². The molecule has 0 fully saturated rings. The molecule has 0 bridgehead atoms. The minimum Gasteiger partial charge on any atom is -0.453 e. The highest BCUT2D eigenvalue weighted by Gasteiger charge is 2.18. The number of para-hydroxylation sites is 1. The topological polar surface area (TPSA) is 82.3 Å². The van der Waals surface area contributed by atoms with Crippen molar-refractivity contribution in [1.29, 1.82) is 0 Å². The summed E-state index contributed by atoms with van der Waals surface area (Å²) in [6, 6.07) is 9.54. The highest BCUT2D eigenvalue weighted by atomic mass is 35.5. The summed E-state index contributed by atoms with van der Waals surface area (Å²) in [6.45, 7) is 5.57. The maximum absolute atomic E-state index is 12.4. The van der Waals surface area contributed by atoms with Crippen LogP contribution in [0.2, 0.25) is 5.02 Å². The van der Waals surface area contributed by atoms with E-state index in [0.29, 0.717) is 16.5 Å². The number of benzene rings is 1. The molecule has 0 N–H and O–H groups in total. The van der Waals surface area contributed by atoms with Gasteiger partial charge >= 0.3 is 5.97 Å². The first-order chi connectivity index (χ1) is 12.9. The maximum atomic E-state index is 12.4. The number of hydrogen-bond donors (Lipinski definition) is 0. The normalized spacial score (nSPS) is 11.3. The van der Waals surface area contributed by atoms with E-state index in [9.17, 15) is 4.79 Å². The molecule has 0 unspecified atom stereocenters. The van der Waals surface area contributed by atoms with Crippen LogP contribution in [0.4, 0.5) is 0 Å². The van der Waals surface area contributed by atoms with Gasteiger partial charge in [0, 0.05) is 16.8 Å². The van der Waals surface area contributed by atoms with Crippen molar-refractivity contribution >= 4 is 34.3 Å². The number of halogens is 1. The van der Waals surface area contributed by atoms with Crippen LogP contribution in [0.25, 0.3) is 16.7 Å². The molecule has 4 rings (SSSR count). The molecule has 0 aliphatic heterocycles. The number of nitrogens with zero attached hydrogens (tertiary/aromatic N) is 5. The first kappa shape index (κ1) is 17.4. The van der Waals surface area contributed by atoms with Crippen LogP contribution in [0.5, 0.6) is 0 Å². The van der Waals surface area contributed by atoms with Crippen molar-refractivity contribution in [3.8, 4) is 0 Å². The van der Waals surface area contributed by atoms with Crippen LogP contribution in [-0.2, 0) is 11.3 Å². The third-order valence-corrected chi connectivity index (χ3v) is 4.79. The number of fused-ring (bicyclic) bond motifs is 2. The van der Waals surface area contributed by atoms with Crippen molar-refractivity contribution < 1.29 is 9.53 Å². The van der Waals surface area contributed by atoms with Crippen LogP contribution in [-0.4, -0.2) is 30.5 Å². The van der Waals surface area contributed by atoms with Crippen molar-refractivity contribution in [2.75, 3.05) is 0 Å². The van der Waals surface area contributed by atoms with Gasteiger partial charge in [-0.25, -0.2) is 19.3 Å². The van der Waals surface area contributed by atoms with Gasteiger partial charge in [-0.05, 0) is 38.5 Å². The smallest absolute Gasteiger partial charge is 0.378 e. The lowest BCUT2D eigenvalue weighted by Crippen LogP contribution is -2.09. The molecule has 8 heteroatoms. The monoisotopic (exact) mass is 381 g/mol. The standard InChI is InChI=1S/C19H16ClN5O2/c1-10-8-11(2)25-19(21-10)23-17(24-25)18(26)27-9-15-16(20)12(3)13-6-4-5-7-14(13)22-15/h4-8H,9H2,1-3H3. The molecule has 27 heavy (non-hydrogen) atoms. The van der Waals surface area contributed by atoms with Crippen molar-refractivity contribution in [3.63, 3.8) is 0 Å². The Labute approximate surface area is 160 Å². The molecule has 0 amide bonds. The van der Waals surface area contributed by atoms with Gasteiger partial charge in [0.15, 0.2) is 0 Å². The molecule has 3 aromatic heterocycles. The Balaban J connectivity index is 1.60. The van der Waals surface area contributed by atoms with Gasteiger partial charge in [0.05, 0.1) is 16.2 Å². The van der Waals surface area contributed by atoms with Gasteiger partial charge < -0.3 is 4.74 Å². The number of ether oxygens (including phenoxy) is 1. The number of carbonyl (C=O) groups excluding carboxylic acids is 1. The van der Waals surface area contributed by atoms with E-state index in [-0.39, 0.29) is 12.4 Å². The number of aryl methyl sites for hydroxylation is 3. The molecule has 0 spiro atoms. The van der Waals surface area contributed by atoms with Gasteiger partial charge in [0.2, 0.25) is 0 Å². The van der Waals surface area contributed by atoms with E-state index in [1.807, 2.05) is 51.1 Å². The molecular weight excluding hydrogens is 366 g/mol. The quantitative estimate of drug-likeness (QED) is 0.504. The highest BCUT2D eigenvalue weighted by molar-refractivity contribution is 6.32. The molecule has 1 aromatic carbocycles. The number of rotatable bonds is 3. The molecule has 7 nitrogen and oxygen atoms in total. The summed E-state index contributed by atoms with van der Waals surface area (Å²) >= 11 is 6.40. The minimum atomic E-state index is -0.652. The minimum absolute atomic E-state index is 0.0511. The summed E-state index contributed by atoms with van der Waals surface area (Å²) in [5.74, 6) is -0.344. The highest BCUT2D eigenvalue weighted by Crippen LogP contribution is 2.27. The van der Waals surface area contributed by atoms with Crippen molar-refractivity contribution in [2.45, 2.75) is 27.4 Å². The Bertz CT molecular complexity index is 1200. The Morgan fingerprint density at radius 1 is 1.15 bits per heavy atom. The van der Waals surface area contributed by atoms with E-state index in [1.165, 1.54) is 4.52 Å². The average Bonchev–Trinajstić information content (AvgIpc) is 3.08. The zero-order chi connectivity index (χ0) is 19.1. The molecule has 0 aliphatic carbocycles. The molecule has 0 atom stereocenters. The van der Waals surface area contributed by atoms with Gasteiger partial charge in [-0.15, -0.1) is 5.10 Å². The molecule has 0 saturated carbocycles. The largest absolute Gasteiger partial charge is 0.453 e. The molecule has 0 saturated heterocycles. The van der Waals surface area contributed by atoms with Gasteiger partial charge in [0.25, 0.3) is 11.6 Å². The molecule has 0 radical (unpaired) electrons. The Morgan fingerprint density at radius 3 is 2.74 bits per heavy atom. The number of aromatic nitrogens is 5. The van der Waals surface area contributed by atoms with Gasteiger partial charge in [0.1, 0.15) is 6.61 Å². The second kappa shape index (κ2) is 6.59. The van der Waals surface area contributed by atoms with E-state index in [1.54, 1.807) is 0 Å². The first-order valence-electron chi connectivity index (χ1n) is 8.36. The Kier molecular flexibility index (Phi) is 4.24. The maximum Gasteiger partial charge on any atom is 0.378 e. The van der Waals surface area contributed by atoms with E-state index in [4.69, 9.17) is 16.3 Å². The van der Waals surface area contributed by atoms with E-state index < -0.39 is 5.97 Å². The third kappa shape index (κ3) is 3.10. The number of pyridine rings is 1. The molecule has 3 heterocycles. The summed E-state index contributed by atoms with van der Waals surface area (Å²) < 4.78 is 6.86. The van der Waals surface area contributed by atoms with Crippen LogP contribution in [0, 0.1) is 20.8 Å². The Hall–Kier alpha value is -3.06. The fourth-order valence-corrected chi connectivity index (χ4v) is 3.16. The van der Waals surface area contributed by atoms with Crippen LogP contribution in [0.1, 0.15) is 33.3 Å². The summed E-state index contributed by atoms with van der Waals surface area (Å²) in [5, 5.41) is 5.62. The van der Waals surface area contributed by atoms with Crippen molar-refractivity contribution in [3.05, 3.63) is 63.8 Å². The van der Waals surface area contributed by atoms with Crippen molar-refractivity contribution in [1.82, 2.24) is 24.6 Å².